The fourth-order valence-corrected chi connectivity index (χ4v) is 2.63. The standard InChI is InChI=1S/C15H17N3O3S/c1-11-8-14(18(19)20)15(16-9-11)17(2)10-12-4-6-13(7-5-12)22(3)21/h4-9H,10H2,1-3H3/t22-/m1/s1. The van der Waals surface area contributed by atoms with Crippen molar-refractivity contribution in [1.29, 1.82) is 0 Å². The molecule has 116 valence electrons. The highest BCUT2D eigenvalue weighted by atomic mass is 32.2. The number of aromatic nitrogens is 1. The van der Waals surface area contributed by atoms with Crippen molar-refractivity contribution in [3.63, 3.8) is 0 Å². The summed E-state index contributed by atoms with van der Waals surface area (Å²) in [6, 6.07) is 8.86. The number of anilines is 1. The second-order valence-corrected chi connectivity index (χ2v) is 6.45. The molecule has 0 spiro atoms. The van der Waals surface area contributed by atoms with Crippen molar-refractivity contribution in [1.82, 2.24) is 4.98 Å². The lowest BCUT2D eigenvalue weighted by Gasteiger charge is -2.18. The zero-order valence-corrected chi connectivity index (χ0v) is 13.5. The number of aryl methyl sites for hydroxylation is 1. The second kappa shape index (κ2) is 6.65. The van der Waals surface area contributed by atoms with Crippen molar-refractivity contribution in [2.75, 3.05) is 18.2 Å². The van der Waals surface area contributed by atoms with Gasteiger partial charge in [-0.05, 0) is 30.2 Å². The van der Waals surface area contributed by atoms with E-state index in [4.69, 9.17) is 0 Å². The largest absolute Gasteiger partial charge is 0.350 e. The van der Waals surface area contributed by atoms with Crippen LogP contribution in [0.25, 0.3) is 0 Å². The molecule has 0 radical (unpaired) electrons. The SMILES string of the molecule is Cc1cnc(N(C)Cc2ccc([S@@](C)=O)cc2)c([N+](=O)[O-])c1. The molecule has 1 aromatic heterocycles. The number of hydrogen-bond donors (Lipinski definition) is 0. The maximum Gasteiger partial charge on any atom is 0.311 e. The van der Waals surface area contributed by atoms with Crippen LogP contribution in [-0.4, -0.2) is 27.4 Å². The third kappa shape index (κ3) is 3.67. The van der Waals surface area contributed by atoms with E-state index in [1.165, 1.54) is 6.07 Å². The van der Waals surface area contributed by atoms with Gasteiger partial charge in [-0.2, -0.15) is 0 Å². The van der Waals surface area contributed by atoms with E-state index in [2.05, 4.69) is 4.98 Å². The van der Waals surface area contributed by atoms with Crippen LogP contribution in [0.15, 0.2) is 41.4 Å². The molecule has 0 amide bonds. The summed E-state index contributed by atoms with van der Waals surface area (Å²) in [4.78, 5) is 17.4. The fraction of sp³-hybridized carbons (Fsp3) is 0.267. The van der Waals surface area contributed by atoms with Crippen molar-refractivity contribution < 1.29 is 9.13 Å². The predicted octanol–water partition coefficient (Wildman–Crippen LogP) is 2.67. The van der Waals surface area contributed by atoms with Gasteiger partial charge in [0.1, 0.15) is 0 Å². The molecule has 2 rings (SSSR count). The van der Waals surface area contributed by atoms with E-state index in [0.29, 0.717) is 12.4 Å². The van der Waals surface area contributed by atoms with Gasteiger partial charge in [-0.15, -0.1) is 0 Å². The third-order valence-electron chi connectivity index (χ3n) is 3.22. The van der Waals surface area contributed by atoms with E-state index in [1.807, 2.05) is 12.1 Å². The van der Waals surface area contributed by atoms with E-state index in [9.17, 15) is 14.3 Å². The summed E-state index contributed by atoms with van der Waals surface area (Å²) in [6.45, 7) is 2.25. The molecule has 2 aromatic rings. The molecule has 0 saturated carbocycles. The van der Waals surface area contributed by atoms with Crippen molar-refractivity contribution >= 4 is 22.3 Å². The van der Waals surface area contributed by atoms with Crippen LogP contribution in [0.4, 0.5) is 11.5 Å². The van der Waals surface area contributed by atoms with Gasteiger partial charge in [-0.25, -0.2) is 4.98 Å². The van der Waals surface area contributed by atoms with Crippen molar-refractivity contribution in [3.05, 3.63) is 57.8 Å². The summed E-state index contributed by atoms with van der Waals surface area (Å²) < 4.78 is 11.4. The molecule has 0 unspecified atom stereocenters. The predicted molar refractivity (Wildman–Crippen MR) is 86.5 cm³/mol. The summed E-state index contributed by atoms with van der Waals surface area (Å²) in [5, 5.41) is 11.2. The molecule has 0 saturated heterocycles. The van der Waals surface area contributed by atoms with E-state index in [0.717, 1.165) is 16.0 Å². The van der Waals surface area contributed by atoms with Gasteiger partial charge in [0.05, 0.1) is 4.92 Å². The maximum atomic E-state index is 11.4. The number of benzene rings is 1. The molecule has 0 aliphatic rings. The molecular weight excluding hydrogens is 302 g/mol. The molecule has 0 aliphatic heterocycles. The van der Waals surface area contributed by atoms with Gasteiger partial charge < -0.3 is 4.90 Å². The van der Waals surface area contributed by atoms with E-state index in [1.54, 1.807) is 43.5 Å². The molecule has 1 aromatic carbocycles. The lowest BCUT2D eigenvalue weighted by atomic mass is 10.2. The molecule has 6 nitrogen and oxygen atoms in total. The fourth-order valence-electron chi connectivity index (χ4n) is 2.11. The van der Waals surface area contributed by atoms with E-state index in [-0.39, 0.29) is 5.69 Å². The summed E-state index contributed by atoms with van der Waals surface area (Å²) in [5.74, 6) is 0.332. The lowest BCUT2D eigenvalue weighted by molar-refractivity contribution is -0.384. The Morgan fingerprint density at radius 1 is 1.32 bits per heavy atom. The minimum Gasteiger partial charge on any atom is -0.350 e. The molecule has 1 heterocycles. The van der Waals surface area contributed by atoms with Gasteiger partial charge in [-0.1, -0.05) is 12.1 Å². The van der Waals surface area contributed by atoms with Gasteiger partial charge in [0.2, 0.25) is 5.82 Å². The molecule has 1 atom stereocenters. The molecule has 22 heavy (non-hydrogen) atoms. The smallest absolute Gasteiger partial charge is 0.311 e. The normalized spacial score (nSPS) is 12.0. The molecular formula is C15H17N3O3S. The quantitative estimate of drug-likeness (QED) is 0.625. The van der Waals surface area contributed by atoms with Crippen LogP contribution < -0.4 is 4.90 Å². The van der Waals surface area contributed by atoms with Crippen molar-refractivity contribution in [2.24, 2.45) is 0 Å². The Morgan fingerprint density at radius 3 is 2.50 bits per heavy atom. The zero-order valence-electron chi connectivity index (χ0n) is 12.6. The summed E-state index contributed by atoms with van der Waals surface area (Å²) >= 11 is 0. The highest BCUT2D eigenvalue weighted by molar-refractivity contribution is 7.84. The first-order valence-electron chi connectivity index (χ1n) is 6.63. The minimum absolute atomic E-state index is 0.00576. The minimum atomic E-state index is -1.01. The van der Waals surface area contributed by atoms with Crippen LogP contribution in [-0.2, 0) is 17.3 Å². The van der Waals surface area contributed by atoms with Gasteiger partial charge in [0.15, 0.2) is 0 Å². The Balaban J connectivity index is 2.23. The number of nitrogens with zero attached hydrogens (tertiary/aromatic N) is 3. The Bertz CT molecular complexity index is 716. The van der Waals surface area contributed by atoms with Crippen LogP contribution >= 0.6 is 0 Å². The topological polar surface area (TPSA) is 76.3 Å². The molecule has 0 fully saturated rings. The average Bonchev–Trinajstić information content (AvgIpc) is 2.47. The molecule has 0 aliphatic carbocycles. The first-order valence-corrected chi connectivity index (χ1v) is 8.19. The number of nitro groups is 1. The first kappa shape index (κ1) is 16.1. The maximum absolute atomic E-state index is 11.4. The Morgan fingerprint density at radius 2 is 1.95 bits per heavy atom. The summed E-state index contributed by atoms with van der Waals surface area (Å²) in [6.07, 6.45) is 3.24. The van der Waals surface area contributed by atoms with Gasteiger partial charge >= 0.3 is 5.69 Å². The van der Waals surface area contributed by atoms with Crippen LogP contribution in [0.3, 0.4) is 0 Å². The Kier molecular flexibility index (Phi) is 4.87. The molecule has 0 bridgehead atoms. The monoisotopic (exact) mass is 319 g/mol. The molecule has 7 heteroatoms. The highest BCUT2D eigenvalue weighted by Gasteiger charge is 2.19. The van der Waals surface area contributed by atoms with Crippen molar-refractivity contribution in [3.8, 4) is 0 Å². The number of pyridine rings is 1. The summed E-state index contributed by atoms with van der Waals surface area (Å²) in [5.41, 5.74) is 1.71. The van der Waals surface area contributed by atoms with Gasteiger partial charge in [-0.3, -0.25) is 14.3 Å². The van der Waals surface area contributed by atoms with Crippen LogP contribution in [0.1, 0.15) is 11.1 Å². The third-order valence-corrected chi connectivity index (χ3v) is 4.15. The number of rotatable bonds is 5. The van der Waals surface area contributed by atoms with Crippen LogP contribution in [0, 0.1) is 17.0 Å². The number of hydrogen-bond acceptors (Lipinski definition) is 5. The summed E-state index contributed by atoms with van der Waals surface area (Å²) in [7, 11) is 0.747. The Hall–Kier alpha value is -2.28. The first-order chi connectivity index (χ1) is 10.4. The van der Waals surface area contributed by atoms with E-state index < -0.39 is 15.7 Å². The van der Waals surface area contributed by atoms with E-state index >= 15 is 0 Å². The van der Waals surface area contributed by atoms with Crippen LogP contribution in [0.5, 0.6) is 0 Å². The Labute approximate surface area is 131 Å². The second-order valence-electron chi connectivity index (χ2n) is 5.07. The highest BCUT2D eigenvalue weighted by Crippen LogP contribution is 2.26. The lowest BCUT2D eigenvalue weighted by Crippen LogP contribution is -2.19. The van der Waals surface area contributed by atoms with Gasteiger partial charge in [0, 0.05) is 47.8 Å². The average molecular weight is 319 g/mol. The zero-order chi connectivity index (χ0) is 16.3. The van der Waals surface area contributed by atoms with Gasteiger partial charge in [0.25, 0.3) is 0 Å². The molecule has 0 N–H and O–H groups in total. The van der Waals surface area contributed by atoms with Crippen molar-refractivity contribution in [2.45, 2.75) is 18.4 Å². The van der Waals surface area contributed by atoms with Crippen LogP contribution in [0.2, 0.25) is 0 Å².